The van der Waals surface area contributed by atoms with E-state index in [2.05, 4.69) is 11.2 Å². The molecule has 0 saturated carbocycles. The summed E-state index contributed by atoms with van der Waals surface area (Å²) in [5, 5.41) is 14.4. The van der Waals surface area contributed by atoms with Crippen molar-refractivity contribution in [1.82, 2.24) is 9.78 Å². The van der Waals surface area contributed by atoms with Crippen LogP contribution in [0.15, 0.2) is 48.7 Å². The molecule has 3 rings (SSSR count). The molecule has 0 unspecified atom stereocenters. The van der Waals surface area contributed by atoms with Gasteiger partial charge in [-0.15, -0.1) is 0 Å². The number of rotatable bonds is 1. The second-order valence-electron chi connectivity index (χ2n) is 4.23. The molecule has 0 saturated heterocycles. The van der Waals surface area contributed by atoms with Crippen molar-refractivity contribution >= 4 is 10.9 Å². The first-order valence-electron chi connectivity index (χ1n) is 5.73. The summed E-state index contributed by atoms with van der Waals surface area (Å²) in [4.78, 5) is 0. The molecule has 86 valence electrons. The SMILES string of the molecule is Cc1cc(-n2ncc3ccccc32)ccc1C#N. The van der Waals surface area contributed by atoms with Crippen LogP contribution in [-0.2, 0) is 0 Å². The van der Waals surface area contributed by atoms with Gasteiger partial charge in [-0.25, -0.2) is 4.68 Å². The Morgan fingerprint density at radius 2 is 2.00 bits per heavy atom. The van der Waals surface area contributed by atoms with E-state index in [9.17, 15) is 0 Å². The number of aryl methyl sites for hydroxylation is 1. The van der Waals surface area contributed by atoms with E-state index in [-0.39, 0.29) is 0 Å². The molecule has 3 aromatic rings. The molecular weight excluding hydrogens is 222 g/mol. The third-order valence-electron chi connectivity index (χ3n) is 3.05. The van der Waals surface area contributed by atoms with Gasteiger partial charge in [0.25, 0.3) is 0 Å². The summed E-state index contributed by atoms with van der Waals surface area (Å²) in [5.74, 6) is 0. The molecule has 3 heteroatoms. The summed E-state index contributed by atoms with van der Waals surface area (Å²) >= 11 is 0. The molecule has 18 heavy (non-hydrogen) atoms. The van der Waals surface area contributed by atoms with Crippen LogP contribution in [0.2, 0.25) is 0 Å². The number of fused-ring (bicyclic) bond motifs is 1. The van der Waals surface area contributed by atoms with Crippen molar-refractivity contribution in [2.24, 2.45) is 0 Å². The van der Waals surface area contributed by atoms with Crippen LogP contribution in [0.5, 0.6) is 0 Å². The van der Waals surface area contributed by atoms with Crippen molar-refractivity contribution in [2.75, 3.05) is 0 Å². The number of hydrogen-bond donors (Lipinski definition) is 0. The first-order valence-corrected chi connectivity index (χ1v) is 5.73. The highest BCUT2D eigenvalue weighted by molar-refractivity contribution is 5.80. The van der Waals surface area contributed by atoms with E-state index in [0.717, 1.165) is 22.2 Å². The lowest BCUT2D eigenvalue weighted by Crippen LogP contribution is -1.97. The Labute approximate surface area is 105 Å². The number of nitrogens with zero attached hydrogens (tertiary/aromatic N) is 3. The monoisotopic (exact) mass is 233 g/mol. The van der Waals surface area contributed by atoms with Gasteiger partial charge in [-0.05, 0) is 36.8 Å². The van der Waals surface area contributed by atoms with Crippen molar-refractivity contribution in [1.29, 1.82) is 5.26 Å². The van der Waals surface area contributed by atoms with E-state index in [1.165, 1.54) is 0 Å². The zero-order valence-corrected chi connectivity index (χ0v) is 9.96. The fraction of sp³-hybridized carbons (Fsp3) is 0.0667. The highest BCUT2D eigenvalue weighted by Crippen LogP contribution is 2.19. The molecule has 0 N–H and O–H groups in total. The second kappa shape index (κ2) is 4.01. The molecule has 0 spiro atoms. The fourth-order valence-electron chi connectivity index (χ4n) is 2.08. The van der Waals surface area contributed by atoms with Crippen molar-refractivity contribution < 1.29 is 0 Å². The lowest BCUT2D eigenvalue weighted by atomic mass is 10.1. The molecule has 1 aromatic heterocycles. The van der Waals surface area contributed by atoms with E-state index >= 15 is 0 Å². The summed E-state index contributed by atoms with van der Waals surface area (Å²) in [5.41, 5.74) is 3.72. The van der Waals surface area contributed by atoms with Crippen LogP contribution in [0.25, 0.3) is 16.6 Å². The Hall–Kier alpha value is -2.60. The lowest BCUT2D eigenvalue weighted by molar-refractivity contribution is 0.909. The molecule has 1 heterocycles. The van der Waals surface area contributed by atoms with E-state index in [1.54, 1.807) is 0 Å². The van der Waals surface area contributed by atoms with Gasteiger partial charge in [-0.1, -0.05) is 18.2 Å². The van der Waals surface area contributed by atoms with Crippen LogP contribution >= 0.6 is 0 Å². The van der Waals surface area contributed by atoms with Gasteiger partial charge in [0, 0.05) is 5.39 Å². The first kappa shape index (κ1) is 10.5. The Kier molecular flexibility index (Phi) is 2.35. The van der Waals surface area contributed by atoms with Gasteiger partial charge in [-0.3, -0.25) is 0 Å². The molecule has 3 nitrogen and oxygen atoms in total. The van der Waals surface area contributed by atoms with E-state index in [0.29, 0.717) is 5.56 Å². The van der Waals surface area contributed by atoms with Crippen LogP contribution in [0.1, 0.15) is 11.1 Å². The quantitative estimate of drug-likeness (QED) is 0.647. The Morgan fingerprint density at radius 3 is 2.78 bits per heavy atom. The zero-order valence-electron chi connectivity index (χ0n) is 9.96. The minimum absolute atomic E-state index is 0.704. The van der Waals surface area contributed by atoms with Crippen molar-refractivity contribution in [3.8, 4) is 11.8 Å². The maximum atomic E-state index is 8.94. The Morgan fingerprint density at radius 1 is 1.17 bits per heavy atom. The molecule has 0 aliphatic heterocycles. The molecule has 0 aliphatic carbocycles. The maximum absolute atomic E-state index is 8.94. The molecule has 0 bridgehead atoms. The van der Waals surface area contributed by atoms with E-state index in [4.69, 9.17) is 5.26 Å². The average Bonchev–Trinajstić information content (AvgIpc) is 2.82. The van der Waals surface area contributed by atoms with Gasteiger partial charge in [-0.2, -0.15) is 10.4 Å². The lowest BCUT2D eigenvalue weighted by Gasteiger charge is -2.05. The highest BCUT2D eigenvalue weighted by Gasteiger charge is 2.05. The van der Waals surface area contributed by atoms with Gasteiger partial charge >= 0.3 is 0 Å². The molecule has 0 amide bonds. The Balaban J connectivity index is 2.21. The summed E-state index contributed by atoms with van der Waals surface area (Å²) in [6.45, 7) is 1.94. The average molecular weight is 233 g/mol. The largest absolute Gasteiger partial charge is 0.233 e. The standard InChI is InChI=1S/C15H11N3/c1-11-8-14(7-6-12(11)9-16)18-15-5-3-2-4-13(15)10-17-18/h2-8,10H,1H3. The summed E-state index contributed by atoms with van der Waals surface area (Å²) in [6.07, 6.45) is 1.85. The summed E-state index contributed by atoms with van der Waals surface area (Å²) in [7, 11) is 0. The third-order valence-corrected chi connectivity index (χ3v) is 3.05. The molecule has 2 aromatic carbocycles. The third kappa shape index (κ3) is 1.56. The number of benzene rings is 2. The first-order chi connectivity index (χ1) is 8.79. The van der Waals surface area contributed by atoms with Gasteiger partial charge in [0.2, 0.25) is 0 Å². The normalized spacial score (nSPS) is 10.4. The van der Waals surface area contributed by atoms with Gasteiger partial charge in [0.05, 0.1) is 29.0 Å². The maximum Gasteiger partial charge on any atom is 0.0994 e. The number of nitriles is 1. The highest BCUT2D eigenvalue weighted by atomic mass is 15.3. The van der Waals surface area contributed by atoms with Gasteiger partial charge in [0.15, 0.2) is 0 Å². The molecular formula is C15H11N3. The smallest absolute Gasteiger partial charge is 0.0994 e. The van der Waals surface area contributed by atoms with Crippen LogP contribution in [0, 0.1) is 18.3 Å². The van der Waals surface area contributed by atoms with Crippen LogP contribution in [0.4, 0.5) is 0 Å². The van der Waals surface area contributed by atoms with E-state index < -0.39 is 0 Å². The summed E-state index contributed by atoms with van der Waals surface area (Å²) in [6, 6.07) is 16.0. The van der Waals surface area contributed by atoms with Crippen molar-refractivity contribution in [3.63, 3.8) is 0 Å². The second-order valence-corrected chi connectivity index (χ2v) is 4.23. The van der Waals surface area contributed by atoms with E-state index in [1.807, 2.05) is 60.3 Å². The molecule has 0 radical (unpaired) electrons. The van der Waals surface area contributed by atoms with Crippen LogP contribution in [-0.4, -0.2) is 9.78 Å². The van der Waals surface area contributed by atoms with Crippen LogP contribution in [0.3, 0.4) is 0 Å². The number of aromatic nitrogens is 2. The van der Waals surface area contributed by atoms with Gasteiger partial charge in [0.1, 0.15) is 0 Å². The predicted molar refractivity (Wildman–Crippen MR) is 70.5 cm³/mol. The van der Waals surface area contributed by atoms with Crippen molar-refractivity contribution in [2.45, 2.75) is 6.92 Å². The van der Waals surface area contributed by atoms with Crippen molar-refractivity contribution in [3.05, 3.63) is 59.8 Å². The minimum Gasteiger partial charge on any atom is -0.233 e. The number of hydrogen-bond acceptors (Lipinski definition) is 2. The molecule has 0 aliphatic rings. The topological polar surface area (TPSA) is 41.6 Å². The number of para-hydroxylation sites is 1. The Bertz CT molecular complexity index is 763. The minimum atomic E-state index is 0.704. The fourth-order valence-corrected chi connectivity index (χ4v) is 2.08. The van der Waals surface area contributed by atoms with Crippen LogP contribution < -0.4 is 0 Å². The molecule has 0 atom stereocenters. The summed E-state index contributed by atoms with van der Waals surface area (Å²) < 4.78 is 1.89. The zero-order chi connectivity index (χ0) is 12.5. The predicted octanol–water partition coefficient (Wildman–Crippen LogP) is 3.21. The van der Waals surface area contributed by atoms with Gasteiger partial charge < -0.3 is 0 Å². The molecule has 0 fully saturated rings.